The molecule has 0 bridgehead atoms. The predicted molar refractivity (Wildman–Crippen MR) is 119 cm³/mol. The number of halogens is 8. The van der Waals surface area contributed by atoms with Gasteiger partial charge in [-0.15, -0.1) is 0 Å². The highest BCUT2D eigenvalue weighted by molar-refractivity contribution is 5.86. The molecule has 0 aliphatic carbocycles. The molecule has 4 N–H and O–H groups in total. The van der Waals surface area contributed by atoms with E-state index in [4.69, 9.17) is 15.7 Å². The van der Waals surface area contributed by atoms with E-state index in [1.54, 1.807) is 0 Å². The Morgan fingerprint density at radius 3 is 2.41 bits per heavy atom. The van der Waals surface area contributed by atoms with Gasteiger partial charge in [0.25, 0.3) is 0 Å². The Hall–Kier alpha value is -4.76. The summed E-state index contributed by atoms with van der Waals surface area (Å²) in [6.07, 6.45) is -10.1. The van der Waals surface area contributed by atoms with Crippen LogP contribution in [0.2, 0.25) is 0 Å². The predicted octanol–water partition coefficient (Wildman–Crippen LogP) is 5.51. The summed E-state index contributed by atoms with van der Waals surface area (Å²) in [5.41, 5.74) is 1.21. The molecule has 5 aromatic rings. The van der Waals surface area contributed by atoms with Gasteiger partial charge in [0.1, 0.15) is 29.1 Å². The summed E-state index contributed by atoms with van der Waals surface area (Å²) in [6, 6.07) is 5.58. The van der Waals surface area contributed by atoms with E-state index in [0.717, 1.165) is 16.8 Å². The zero-order valence-corrected chi connectivity index (χ0v) is 19.0. The molecule has 2 aromatic carbocycles. The number of hydrogen-bond acceptors (Lipinski definition) is 6. The van der Waals surface area contributed by atoms with Crippen LogP contribution in [0.1, 0.15) is 16.9 Å². The van der Waals surface area contributed by atoms with Crippen molar-refractivity contribution in [3.05, 3.63) is 76.5 Å². The van der Waals surface area contributed by atoms with Gasteiger partial charge in [-0.3, -0.25) is 5.41 Å². The summed E-state index contributed by atoms with van der Waals surface area (Å²) in [5, 5.41) is 15.9. The number of nitrogens with one attached hydrogen (secondary N) is 2. The Morgan fingerprint density at radius 1 is 0.974 bits per heavy atom. The molecule has 0 saturated heterocycles. The monoisotopic (exact) mass is 555 g/mol. The Kier molecular flexibility index (Phi) is 5.92. The summed E-state index contributed by atoms with van der Waals surface area (Å²) in [5.74, 6) is -2.77. The molecule has 3 heterocycles. The first-order chi connectivity index (χ1) is 18.2. The molecular formula is C23H13F8N7O. The Bertz CT molecular complexity index is 1780. The van der Waals surface area contributed by atoms with E-state index < -0.39 is 46.4 Å². The van der Waals surface area contributed by atoms with Gasteiger partial charge in [0.2, 0.25) is 0 Å². The minimum atomic E-state index is -5.13. The maximum absolute atomic E-state index is 14.2. The molecule has 0 saturated carbocycles. The van der Waals surface area contributed by atoms with Gasteiger partial charge in [0.05, 0.1) is 16.7 Å². The van der Waals surface area contributed by atoms with Crippen LogP contribution in [0, 0.1) is 17.0 Å². The molecule has 0 radical (unpaired) electrons. The van der Waals surface area contributed by atoms with Crippen molar-refractivity contribution in [2.45, 2.75) is 18.9 Å². The number of fused-ring (bicyclic) bond motifs is 1. The lowest BCUT2D eigenvalue weighted by atomic mass is 10.0. The molecule has 16 heteroatoms. The van der Waals surface area contributed by atoms with Gasteiger partial charge in [-0.2, -0.15) is 31.4 Å². The van der Waals surface area contributed by atoms with E-state index in [2.05, 4.69) is 20.2 Å². The maximum atomic E-state index is 14.2. The third-order valence-electron chi connectivity index (χ3n) is 5.67. The number of aromatic amines is 1. The third-order valence-corrected chi connectivity index (χ3v) is 5.67. The van der Waals surface area contributed by atoms with Crippen molar-refractivity contribution in [1.29, 1.82) is 5.41 Å². The van der Waals surface area contributed by atoms with Crippen molar-refractivity contribution in [2.24, 2.45) is 0 Å². The van der Waals surface area contributed by atoms with E-state index in [1.807, 2.05) is 0 Å². The van der Waals surface area contributed by atoms with Gasteiger partial charge in [-0.25, -0.2) is 18.4 Å². The zero-order valence-electron chi connectivity index (χ0n) is 19.0. The van der Waals surface area contributed by atoms with Gasteiger partial charge in [0.15, 0.2) is 28.7 Å². The second-order valence-corrected chi connectivity index (χ2v) is 8.24. The minimum Gasteiger partial charge on any atom is -0.380 e. The van der Waals surface area contributed by atoms with Crippen LogP contribution in [0.25, 0.3) is 33.7 Å². The lowest BCUT2D eigenvalue weighted by molar-refractivity contribution is -0.142. The summed E-state index contributed by atoms with van der Waals surface area (Å²) in [4.78, 5) is 6.77. The lowest BCUT2D eigenvalue weighted by Gasteiger charge is -2.14. The van der Waals surface area contributed by atoms with Gasteiger partial charge in [-0.05, 0) is 24.3 Å². The third kappa shape index (κ3) is 4.68. The first kappa shape index (κ1) is 25.9. The highest BCUT2D eigenvalue weighted by Gasteiger charge is 2.39. The molecule has 39 heavy (non-hydrogen) atoms. The largest absolute Gasteiger partial charge is 0.417 e. The summed E-state index contributed by atoms with van der Waals surface area (Å²) in [6.45, 7) is -0.378. The fraction of sp³-hybridized carbons (Fsp3) is 0.130. The van der Waals surface area contributed by atoms with E-state index >= 15 is 0 Å². The Balaban J connectivity index is 1.52. The van der Waals surface area contributed by atoms with E-state index in [0.29, 0.717) is 12.1 Å². The minimum absolute atomic E-state index is 0.0111. The number of alkyl halides is 6. The van der Waals surface area contributed by atoms with Crippen molar-refractivity contribution in [3.8, 4) is 22.6 Å². The first-order valence-corrected chi connectivity index (χ1v) is 10.7. The normalized spacial score (nSPS) is 12.4. The molecule has 0 aliphatic rings. The van der Waals surface area contributed by atoms with Gasteiger partial charge in [0, 0.05) is 11.6 Å². The summed E-state index contributed by atoms with van der Waals surface area (Å²) in [7, 11) is 0. The second-order valence-electron chi connectivity index (χ2n) is 8.24. The second kappa shape index (κ2) is 8.92. The molecule has 0 aliphatic heterocycles. The fourth-order valence-corrected chi connectivity index (χ4v) is 3.86. The van der Waals surface area contributed by atoms with E-state index in [9.17, 15) is 35.1 Å². The number of anilines is 1. The SMILES string of the molecule is N=c1c2[nH]c(-c3cccc(F)c3F)nc2c(N)nn1Cc1cc(-c2ccc(C(F)(F)F)cc2C(F)(F)F)no1. The van der Waals surface area contributed by atoms with Crippen molar-refractivity contribution in [1.82, 2.24) is 24.9 Å². The molecular weight excluding hydrogens is 542 g/mol. The number of nitrogens with zero attached hydrogens (tertiary/aromatic N) is 4. The zero-order chi connectivity index (χ0) is 28.3. The average molecular weight is 555 g/mol. The lowest BCUT2D eigenvalue weighted by Crippen LogP contribution is -2.25. The van der Waals surface area contributed by atoms with Crippen molar-refractivity contribution >= 4 is 16.9 Å². The quantitative estimate of drug-likeness (QED) is 0.253. The van der Waals surface area contributed by atoms with Crippen LogP contribution >= 0.6 is 0 Å². The van der Waals surface area contributed by atoms with E-state index in [-0.39, 0.29) is 52.1 Å². The highest BCUT2D eigenvalue weighted by atomic mass is 19.4. The maximum Gasteiger partial charge on any atom is 0.417 e. The molecule has 0 fully saturated rings. The summed E-state index contributed by atoms with van der Waals surface area (Å²) < 4.78 is 113. The number of hydrogen-bond donors (Lipinski definition) is 3. The molecule has 0 amide bonds. The van der Waals surface area contributed by atoms with Gasteiger partial charge >= 0.3 is 12.4 Å². The number of nitrogens with two attached hydrogens (primary N) is 1. The van der Waals surface area contributed by atoms with Crippen LogP contribution in [-0.4, -0.2) is 24.9 Å². The van der Waals surface area contributed by atoms with Crippen LogP contribution < -0.4 is 11.2 Å². The number of rotatable bonds is 4. The molecule has 8 nitrogen and oxygen atoms in total. The number of aromatic nitrogens is 5. The average Bonchev–Trinajstić information content (AvgIpc) is 3.51. The van der Waals surface area contributed by atoms with E-state index in [1.165, 1.54) is 12.1 Å². The molecule has 202 valence electrons. The van der Waals surface area contributed by atoms with Crippen LogP contribution in [0.15, 0.2) is 47.0 Å². The van der Waals surface area contributed by atoms with Crippen molar-refractivity contribution in [3.63, 3.8) is 0 Å². The van der Waals surface area contributed by atoms with Gasteiger partial charge < -0.3 is 15.2 Å². The van der Waals surface area contributed by atoms with Crippen molar-refractivity contribution in [2.75, 3.05) is 5.73 Å². The number of nitrogen functional groups attached to an aromatic ring is 1. The van der Waals surface area contributed by atoms with Crippen LogP contribution in [0.3, 0.4) is 0 Å². The highest BCUT2D eigenvalue weighted by Crippen LogP contribution is 2.40. The fourth-order valence-electron chi connectivity index (χ4n) is 3.86. The smallest absolute Gasteiger partial charge is 0.380 e. The topological polar surface area (TPSA) is 122 Å². The van der Waals surface area contributed by atoms with Crippen molar-refractivity contribution < 1.29 is 39.6 Å². The Morgan fingerprint density at radius 2 is 1.72 bits per heavy atom. The molecule has 0 atom stereocenters. The van der Waals surface area contributed by atoms with Crippen LogP contribution in [-0.2, 0) is 18.9 Å². The molecule has 3 aromatic heterocycles. The molecule has 0 spiro atoms. The molecule has 0 unspecified atom stereocenters. The molecule has 5 rings (SSSR count). The first-order valence-electron chi connectivity index (χ1n) is 10.7. The number of imidazole rings is 1. The van der Waals surface area contributed by atoms with Crippen LogP contribution in [0.4, 0.5) is 40.9 Å². The summed E-state index contributed by atoms with van der Waals surface area (Å²) >= 11 is 0. The van der Waals surface area contributed by atoms with Crippen LogP contribution in [0.5, 0.6) is 0 Å². The number of H-pyrrole nitrogens is 1. The standard InChI is InChI=1S/C23H13F8N7O/c24-14-3-1-2-12(16(14)25)21-34-17-18(35-21)20(33)38(36-19(17)32)8-10-7-15(37-39-10)11-5-4-9(22(26,27)28)6-13(11)23(29,30)31/h1-7,33H,8H2,(H2,32,36)(H,34,35). The van der Waals surface area contributed by atoms with Gasteiger partial charge in [-0.1, -0.05) is 17.3 Å². The number of benzene rings is 2. The Labute approximate surface area is 211 Å².